The molecule has 0 amide bonds. The Balaban J connectivity index is 1.07. The Kier molecular flexibility index (Phi) is 9.33. The molecule has 9 aromatic carbocycles. The van der Waals surface area contributed by atoms with Crippen LogP contribution in [0.15, 0.2) is 194 Å². The second-order valence-electron chi connectivity index (χ2n) is 18.9. The van der Waals surface area contributed by atoms with Crippen molar-refractivity contribution in [2.24, 2.45) is 0 Å². The molecule has 13 aromatic rings. The van der Waals surface area contributed by atoms with Crippen molar-refractivity contribution in [2.45, 2.75) is 25.2 Å². The Bertz CT molecular complexity index is 4520. The van der Waals surface area contributed by atoms with E-state index >= 15 is 0 Å². The van der Waals surface area contributed by atoms with Gasteiger partial charge in [-0.25, -0.2) is 0 Å². The zero-order chi connectivity index (χ0) is 50.2. The van der Waals surface area contributed by atoms with Gasteiger partial charge in [0.1, 0.15) is 11.6 Å². The molecule has 1 aliphatic carbocycles. The number of para-hydroxylation sites is 5. The first-order chi connectivity index (χ1) is 35.9. The Hall–Kier alpha value is -9.27. The molecule has 1 aliphatic rings. The molecule has 0 saturated heterocycles. The molecule has 0 atom stereocenters. The molecule has 0 spiro atoms. The molecule has 0 aliphatic heterocycles. The fraction of sp³-hybridized carbons (Fsp3) is 0.0635. The molecule has 11 heteroatoms. The first-order valence-corrected chi connectivity index (χ1v) is 24.2. The molecule has 0 unspecified atom stereocenters. The summed E-state index contributed by atoms with van der Waals surface area (Å²) in [5, 5.41) is 18.3. The fourth-order valence-electron chi connectivity index (χ4n) is 11.8. The van der Waals surface area contributed by atoms with Gasteiger partial charge in [0.05, 0.1) is 61.1 Å². The van der Waals surface area contributed by atoms with Gasteiger partial charge in [0.15, 0.2) is 0 Å². The zero-order valence-corrected chi connectivity index (χ0v) is 39.0. The Morgan fingerprint density at radius 2 is 0.784 bits per heavy atom. The predicted molar refractivity (Wildman–Crippen MR) is 284 cm³/mol. The van der Waals surface area contributed by atoms with E-state index in [0.29, 0.717) is 22.1 Å². The van der Waals surface area contributed by atoms with Crippen molar-refractivity contribution in [1.82, 2.24) is 18.3 Å². The van der Waals surface area contributed by atoms with Crippen LogP contribution in [-0.2, 0) is 18.8 Å². The fourth-order valence-corrected chi connectivity index (χ4v) is 11.8. The van der Waals surface area contributed by atoms with Gasteiger partial charge in [-0.05, 0) is 121 Å². The minimum Gasteiger partial charge on any atom is -0.313 e. The number of rotatable bonds is 5. The average Bonchev–Trinajstić information content (AvgIpc) is 4.15. The first kappa shape index (κ1) is 43.5. The normalized spacial score (nSPS) is 13.1. The number of nitriles is 1. The van der Waals surface area contributed by atoms with Gasteiger partial charge in [-0.1, -0.05) is 103 Å². The third-order valence-electron chi connectivity index (χ3n) is 14.9. The summed E-state index contributed by atoms with van der Waals surface area (Å²) in [7, 11) is 0. The van der Waals surface area contributed by atoms with E-state index in [1.807, 2.05) is 118 Å². The second-order valence-corrected chi connectivity index (χ2v) is 18.9. The first-order valence-electron chi connectivity index (χ1n) is 24.2. The molecule has 4 aromatic heterocycles. The van der Waals surface area contributed by atoms with Gasteiger partial charge >= 0.3 is 12.4 Å². The molecule has 0 fully saturated rings. The lowest BCUT2D eigenvalue weighted by Gasteiger charge is -2.20. The quantitative estimate of drug-likeness (QED) is 0.159. The van der Waals surface area contributed by atoms with Gasteiger partial charge < -0.3 is 18.3 Å². The smallest absolute Gasteiger partial charge is 0.313 e. The third-order valence-corrected chi connectivity index (χ3v) is 14.9. The van der Waals surface area contributed by atoms with Gasteiger partial charge in [0.25, 0.3) is 0 Å². The van der Waals surface area contributed by atoms with Crippen molar-refractivity contribution in [3.05, 3.63) is 222 Å². The number of fused-ring (bicyclic) bond motifs is 12. The molecular formula is C63H37F6N5. The largest absolute Gasteiger partial charge is 0.416 e. The molecule has 356 valence electrons. The highest BCUT2D eigenvalue weighted by Gasteiger charge is 2.37. The topological polar surface area (TPSA) is 43.5 Å². The number of alkyl halides is 6. The lowest BCUT2D eigenvalue weighted by atomic mass is 9.96. The molecule has 4 heterocycles. The lowest BCUT2D eigenvalue weighted by Crippen LogP contribution is -2.11. The van der Waals surface area contributed by atoms with Gasteiger partial charge in [-0.2, -0.15) is 31.6 Å². The van der Waals surface area contributed by atoms with Gasteiger partial charge in [-0.3, -0.25) is 0 Å². The van der Waals surface area contributed by atoms with E-state index in [1.165, 1.54) is 11.3 Å². The maximum atomic E-state index is 14.7. The van der Waals surface area contributed by atoms with Crippen LogP contribution in [0.3, 0.4) is 0 Å². The van der Waals surface area contributed by atoms with E-state index in [1.54, 1.807) is 12.1 Å². The third kappa shape index (κ3) is 6.44. The Morgan fingerprint density at radius 3 is 1.26 bits per heavy atom. The van der Waals surface area contributed by atoms with Crippen LogP contribution < -0.4 is 0 Å². The van der Waals surface area contributed by atoms with Gasteiger partial charge in [-0.15, -0.1) is 0 Å². The molecular weight excluding hydrogens is 941 g/mol. The Labute approximate surface area is 417 Å². The minimum absolute atomic E-state index is 0.0551. The summed E-state index contributed by atoms with van der Waals surface area (Å²) >= 11 is 0. The highest BCUT2D eigenvalue weighted by molar-refractivity contribution is 6.13. The number of hydrogen-bond acceptors (Lipinski definition) is 1. The number of halogens is 6. The van der Waals surface area contributed by atoms with E-state index in [-0.39, 0.29) is 34.1 Å². The van der Waals surface area contributed by atoms with Crippen molar-refractivity contribution in [1.29, 1.82) is 5.26 Å². The summed E-state index contributed by atoms with van der Waals surface area (Å²) in [6.45, 7) is 0. The van der Waals surface area contributed by atoms with Crippen LogP contribution >= 0.6 is 0 Å². The molecule has 0 bridgehead atoms. The highest BCUT2D eigenvalue weighted by atomic mass is 19.4. The van der Waals surface area contributed by atoms with Crippen LogP contribution in [-0.4, -0.2) is 18.3 Å². The summed E-state index contributed by atoms with van der Waals surface area (Å²) in [5.41, 5.74) is 7.59. The molecule has 0 N–H and O–H groups in total. The van der Waals surface area contributed by atoms with Crippen LogP contribution in [0.25, 0.3) is 116 Å². The maximum absolute atomic E-state index is 14.7. The predicted octanol–water partition coefficient (Wildman–Crippen LogP) is 17.5. The van der Waals surface area contributed by atoms with Crippen molar-refractivity contribution >= 4 is 82.4 Å². The van der Waals surface area contributed by atoms with E-state index in [9.17, 15) is 31.6 Å². The van der Waals surface area contributed by atoms with Crippen LogP contribution in [0.4, 0.5) is 26.3 Å². The molecule has 14 rings (SSSR count). The van der Waals surface area contributed by atoms with E-state index in [0.717, 1.165) is 90.6 Å². The lowest BCUT2D eigenvalue weighted by molar-refractivity contribution is -0.143. The highest BCUT2D eigenvalue weighted by Crippen LogP contribution is 2.45. The monoisotopic (exact) mass is 977 g/mol. The molecule has 5 nitrogen and oxygen atoms in total. The zero-order valence-electron chi connectivity index (χ0n) is 39.0. The SMILES string of the molecule is N#Cc1c(-n2c3ccccc3c3cc(-n4c5c(c6ccccc64)C=CCC5)ccc32)cc(-c2cc(C(F)(F)F)cc(C(F)(F)F)c2)cc1-n1c2ccccc2c2cc(-n3c4ccccc4c4ccccc43)ccc21. The summed E-state index contributed by atoms with van der Waals surface area (Å²) in [6.07, 6.45) is -4.08. The van der Waals surface area contributed by atoms with E-state index in [4.69, 9.17) is 0 Å². The van der Waals surface area contributed by atoms with Crippen LogP contribution in [0.5, 0.6) is 0 Å². The average molecular weight is 978 g/mol. The standard InChI is InChI=1S/C63H37F6N5/c64-62(65,66)39-29-37(30-40(33-39)63(67,68)69)38-31-60(73-56-23-11-5-17-47(56)49-34-41(25-27-58(49)73)71-52-19-7-1-13-43(52)44-14-2-8-20-53(44)71)51(36-70)61(32-38)74-57-24-12-6-18-48(57)50-35-42(26-28-59(50)74)72-54-21-9-3-15-45(54)46-16-4-10-22-55(46)72/h1-9,11-21,23-35H,10,22H2. The van der Waals surface area contributed by atoms with Crippen molar-refractivity contribution < 1.29 is 26.3 Å². The van der Waals surface area contributed by atoms with E-state index in [2.05, 4.69) is 75.9 Å². The number of hydrogen-bond donors (Lipinski definition) is 0. The van der Waals surface area contributed by atoms with Crippen molar-refractivity contribution in [3.63, 3.8) is 0 Å². The number of nitrogens with zero attached hydrogens (tertiary/aromatic N) is 5. The minimum atomic E-state index is -5.10. The summed E-state index contributed by atoms with van der Waals surface area (Å²) in [5.74, 6) is 0. The molecule has 0 saturated carbocycles. The number of allylic oxidation sites excluding steroid dienone is 1. The summed E-state index contributed by atoms with van der Waals surface area (Å²) < 4.78 is 96.3. The van der Waals surface area contributed by atoms with Crippen LogP contribution in [0.1, 0.15) is 34.4 Å². The maximum Gasteiger partial charge on any atom is 0.416 e. The van der Waals surface area contributed by atoms with Crippen LogP contribution in [0.2, 0.25) is 0 Å². The van der Waals surface area contributed by atoms with Crippen molar-refractivity contribution in [3.8, 4) is 39.9 Å². The molecule has 0 radical (unpaired) electrons. The van der Waals surface area contributed by atoms with Crippen molar-refractivity contribution in [2.75, 3.05) is 0 Å². The van der Waals surface area contributed by atoms with Crippen LogP contribution in [0, 0.1) is 11.3 Å². The summed E-state index contributed by atoms with van der Waals surface area (Å²) in [4.78, 5) is 0. The van der Waals surface area contributed by atoms with Gasteiger partial charge in [0.2, 0.25) is 0 Å². The number of aromatic nitrogens is 4. The van der Waals surface area contributed by atoms with E-state index < -0.39 is 23.5 Å². The number of benzene rings is 9. The second kappa shape index (κ2) is 15.9. The Morgan fingerprint density at radius 1 is 0.392 bits per heavy atom. The molecule has 74 heavy (non-hydrogen) atoms. The van der Waals surface area contributed by atoms with Gasteiger partial charge in [0, 0.05) is 60.3 Å². The summed E-state index contributed by atoms with van der Waals surface area (Å²) in [6, 6.07) is 59.5.